The van der Waals surface area contributed by atoms with Gasteiger partial charge in [-0.15, -0.1) is 0 Å². The molecule has 3 N–H and O–H groups in total. The van der Waals surface area contributed by atoms with Crippen LogP contribution in [0.25, 0.3) is 10.4 Å². The molecule has 1 unspecified atom stereocenters. The van der Waals surface area contributed by atoms with Crippen LogP contribution in [0, 0.1) is 0 Å². The van der Waals surface area contributed by atoms with Gasteiger partial charge in [-0.3, -0.25) is 0 Å². The zero-order chi connectivity index (χ0) is 11.8. The minimum atomic E-state index is -1.13. The van der Waals surface area contributed by atoms with Gasteiger partial charge in [0.1, 0.15) is 6.10 Å². The van der Waals surface area contributed by atoms with Crippen LogP contribution in [0.2, 0.25) is 0 Å². The van der Waals surface area contributed by atoms with Crippen molar-refractivity contribution in [3.63, 3.8) is 0 Å². The Balaban J connectivity index is 4.29. The van der Waals surface area contributed by atoms with Crippen molar-refractivity contribution in [2.45, 2.75) is 38.3 Å². The van der Waals surface area contributed by atoms with Crippen LogP contribution >= 0.6 is 0 Å². The third-order valence-corrected chi connectivity index (χ3v) is 2.01. The molecule has 0 bridgehead atoms. The Bertz CT molecular complexity index is 218. The van der Waals surface area contributed by atoms with Crippen molar-refractivity contribution in [3.05, 3.63) is 10.4 Å². The van der Waals surface area contributed by atoms with E-state index in [4.69, 9.17) is 15.4 Å². The summed E-state index contributed by atoms with van der Waals surface area (Å²) in [6.45, 7) is 2.59. The van der Waals surface area contributed by atoms with Gasteiger partial charge in [-0.05, 0) is 19.4 Å². The van der Waals surface area contributed by atoms with E-state index < -0.39 is 31.0 Å². The van der Waals surface area contributed by atoms with Crippen LogP contribution < -0.4 is 0 Å². The van der Waals surface area contributed by atoms with Crippen LogP contribution in [0.1, 0.15) is 13.8 Å². The van der Waals surface area contributed by atoms with E-state index in [2.05, 4.69) is 10.0 Å². The zero-order valence-electron chi connectivity index (χ0n) is 8.82. The third kappa shape index (κ3) is 5.56. The Morgan fingerprint density at radius 3 is 2.40 bits per heavy atom. The van der Waals surface area contributed by atoms with Gasteiger partial charge in [0.2, 0.25) is 0 Å². The standard InChI is InChI=1S/C8H17N3O4/c1-5(13)6(2)15-8(3-10-11-9)7(14)4-12/h5-8,12-14H,3-4H2,1-2H3/t5-,6-,7-,8?/m0/s1. The van der Waals surface area contributed by atoms with E-state index in [1.807, 2.05) is 0 Å². The zero-order valence-corrected chi connectivity index (χ0v) is 8.82. The number of hydrogen-bond acceptors (Lipinski definition) is 5. The Kier molecular flexibility index (Phi) is 7.02. The van der Waals surface area contributed by atoms with Crippen molar-refractivity contribution in [3.8, 4) is 0 Å². The predicted molar refractivity (Wildman–Crippen MR) is 53.1 cm³/mol. The van der Waals surface area contributed by atoms with E-state index in [1.54, 1.807) is 13.8 Å². The van der Waals surface area contributed by atoms with Gasteiger partial charge in [-0.25, -0.2) is 0 Å². The average molecular weight is 219 g/mol. The first kappa shape index (κ1) is 14.2. The van der Waals surface area contributed by atoms with Gasteiger partial charge in [-0.2, -0.15) is 0 Å². The highest BCUT2D eigenvalue weighted by molar-refractivity contribution is 4.73. The maximum atomic E-state index is 9.34. The minimum absolute atomic E-state index is 0.0880. The number of azide groups is 1. The Labute approximate surface area is 87.9 Å². The molecule has 0 heterocycles. The monoisotopic (exact) mass is 219 g/mol. The summed E-state index contributed by atoms with van der Waals surface area (Å²) in [5, 5.41) is 30.5. The summed E-state index contributed by atoms with van der Waals surface area (Å²) in [6.07, 6.45) is -3.15. The molecule has 0 fully saturated rings. The van der Waals surface area contributed by atoms with Gasteiger partial charge >= 0.3 is 0 Å². The summed E-state index contributed by atoms with van der Waals surface area (Å²) in [6, 6.07) is 0. The maximum absolute atomic E-state index is 9.34. The van der Waals surface area contributed by atoms with Crippen molar-refractivity contribution >= 4 is 0 Å². The fraction of sp³-hybridized carbons (Fsp3) is 1.00. The fourth-order valence-corrected chi connectivity index (χ4v) is 0.879. The molecule has 0 radical (unpaired) electrons. The van der Waals surface area contributed by atoms with Crippen LogP contribution in [-0.2, 0) is 4.74 Å². The number of aliphatic hydroxyl groups excluding tert-OH is 3. The highest BCUT2D eigenvalue weighted by atomic mass is 16.5. The number of nitrogens with zero attached hydrogens (tertiary/aromatic N) is 3. The van der Waals surface area contributed by atoms with E-state index in [0.717, 1.165) is 0 Å². The Morgan fingerprint density at radius 2 is 2.00 bits per heavy atom. The second-order valence-corrected chi connectivity index (χ2v) is 3.28. The van der Waals surface area contributed by atoms with Crippen molar-refractivity contribution in [2.75, 3.05) is 13.2 Å². The van der Waals surface area contributed by atoms with Crippen LogP contribution in [0.15, 0.2) is 5.11 Å². The first-order valence-electron chi connectivity index (χ1n) is 4.66. The summed E-state index contributed by atoms with van der Waals surface area (Å²) in [5.74, 6) is 0. The van der Waals surface area contributed by atoms with Crippen molar-refractivity contribution in [1.82, 2.24) is 0 Å². The van der Waals surface area contributed by atoms with Crippen molar-refractivity contribution < 1.29 is 20.1 Å². The molecule has 88 valence electrons. The quantitative estimate of drug-likeness (QED) is 0.312. The highest BCUT2D eigenvalue weighted by Gasteiger charge is 2.22. The largest absolute Gasteiger partial charge is 0.394 e. The third-order valence-electron chi connectivity index (χ3n) is 2.01. The molecule has 0 aromatic rings. The highest BCUT2D eigenvalue weighted by Crippen LogP contribution is 2.07. The molecule has 0 amide bonds. The number of aliphatic hydroxyl groups is 3. The summed E-state index contributed by atoms with van der Waals surface area (Å²) >= 11 is 0. The van der Waals surface area contributed by atoms with Crippen LogP contribution in [0.3, 0.4) is 0 Å². The van der Waals surface area contributed by atoms with E-state index in [9.17, 15) is 10.2 Å². The lowest BCUT2D eigenvalue weighted by molar-refractivity contribution is -0.110. The number of ether oxygens (including phenoxy) is 1. The topological polar surface area (TPSA) is 119 Å². The van der Waals surface area contributed by atoms with Crippen LogP contribution in [-0.4, -0.2) is 52.9 Å². The summed E-state index contributed by atoms with van der Waals surface area (Å²) in [5.41, 5.74) is 8.12. The Morgan fingerprint density at radius 1 is 1.40 bits per heavy atom. The lowest BCUT2D eigenvalue weighted by atomic mass is 10.2. The molecule has 0 spiro atoms. The van der Waals surface area contributed by atoms with E-state index in [1.165, 1.54) is 0 Å². The molecule has 0 saturated carbocycles. The van der Waals surface area contributed by atoms with Gasteiger partial charge < -0.3 is 20.1 Å². The van der Waals surface area contributed by atoms with Crippen LogP contribution in [0.4, 0.5) is 0 Å². The first-order chi connectivity index (χ1) is 7.02. The Hall–Kier alpha value is -0.850. The summed E-state index contributed by atoms with van der Waals surface area (Å²) in [7, 11) is 0. The maximum Gasteiger partial charge on any atom is 0.103 e. The number of rotatable bonds is 7. The molecule has 7 nitrogen and oxygen atoms in total. The molecule has 0 aliphatic heterocycles. The summed E-state index contributed by atoms with van der Waals surface area (Å²) < 4.78 is 5.24. The van der Waals surface area contributed by atoms with Crippen LogP contribution in [0.5, 0.6) is 0 Å². The van der Waals surface area contributed by atoms with E-state index in [0.29, 0.717) is 0 Å². The smallest absolute Gasteiger partial charge is 0.103 e. The molecular weight excluding hydrogens is 202 g/mol. The molecule has 15 heavy (non-hydrogen) atoms. The van der Waals surface area contributed by atoms with Crippen molar-refractivity contribution in [1.29, 1.82) is 0 Å². The molecule has 4 atom stereocenters. The minimum Gasteiger partial charge on any atom is -0.394 e. The lowest BCUT2D eigenvalue weighted by Crippen LogP contribution is -2.39. The molecule has 0 rings (SSSR count). The normalized spacial score (nSPS) is 18.7. The van der Waals surface area contributed by atoms with Crippen molar-refractivity contribution in [2.24, 2.45) is 5.11 Å². The molecule has 0 saturated heterocycles. The van der Waals surface area contributed by atoms with Gasteiger partial charge in [0, 0.05) is 4.91 Å². The fourth-order valence-electron chi connectivity index (χ4n) is 0.879. The van der Waals surface area contributed by atoms with Gasteiger partial charge in [0.25, 0.3) is 0 Å². The molecule has 0 aliphatic rings. The second kappa shape index (κ2) is 7.44. The van der Waals surface area contributed by atoms with Gasteiger partial charge in [0.15, 0.2) is 0 Å². The lowest BCUT2D eigenvalue weighted by Gasteiger charge is -2.25. The molecule has 7 heteroatoms. The molecule has 0 aromatic heterocycles. The SMILES string of the molecule is C[C@H](O)[C@H](C)OC(CN=[N+]=[N-])[C@@H](O)CO. The molecular formula is C8H17N3O4. The van der Waals surface area contributed by atoms with Gasteiger partial charge in [0.05, 0.1) is 31.5 Å². The molecule has 0 aliphatic carbocycles. The summed E-state index contributed by atoms with van der Waals surface area (Å²) in [4.78, 5) is 2.53. The second-order valence-electron chi connectivity index (χ2n) is 3.28. The predicted octanol–water partition coefficient (Wildman–Crippen LogP) is -0.196. The molecule has 0 aromatic carbocycles. The van der Waals surface area contributed by atoms with Gasteiger partial charge in [-0.1, -0.05) is 5.11 Å². The average Bonchev–Trinajstić information content (AvgIpc) is 2.22. The van der Waals surface area contributed by atoms with E-state index in [-0.39, 0.29) is 6.54 Å². The number of hydrogen-bond donors (Lipinski definition) is 3. The van der Waals surface area contributed by atoms with E-state index >= 15 is 0 Å². The first-order valence-corrected chi connectivity index (χ1v) is 4.66.